The fourth-order valence-electron chi connectivity index (χ4n) is 2.60. The van der Waals surface area contributed by atoms with Gasteiger partial charge < -0.3 is 5.32 Å². The van der Waals surface area contributed by atoms with Gasteiger partial charge in [-0.05, 0) is 39.2 Å². The van der Waals surface area contributed by atoms with Crippen molar-refractivity contribution >= 4 is 11.3 Å². The summed E-state index contributed by atoms with van der Waals surface area (Å²) in [5.41, 5.74) is 0. The molecule has 0 bridgehead atoms. The van der Waals surface area contributed by atoms with Gasteiger partial charge in [0.05, 0.1) is 6.54 Å². The van der Waals surface area contributed by atoms with E-state index in [0.29, 0.717) is 0 Å². The van der Waals surface area contributed by atoms with E-state index in [1.165, 1.54) is 48.5 Å². The van der Waals surface area contributed by atoms with Crippen molar-refractivity contribution in [1.29, 1.82) is 0 Å². The van der Waals surface area contributed by atoms with Gasteiger partial charge in [0.2, 0.25) is 0 Å². The van der Waals surface area contributed by atoms with Gasteiger partial charge in [-0.25, -0.2) is 4.98 Å². The molecule has 1 aliphatic heterocycles. The Bertz CT molecular complexity index is 386. The zero-order valence-corrected chi connectivity index (χ0v) is 12.0. The first kappa shape index (κ1) is 12.6. The molecule has 0 aromatic carbocycles. The third-order valence-electron chi connectivity index (χ3n) is 4.02. The molecule has 1 aromatic heterocycles. The Hall–Kier alpha value is -0.450. The van der Waals surface area contributed by atoms with E-state index < -0.39 is 0 Å². The molecule has 1 atom stereocenters. The molecule has 0 radical (unpaired) electrons. The lowest BCUT2D eigenvalue weighted by molar-refractivity contribution is 0.152. The van der Waals surface area contributed by atoms with Crippen LogP contribution in [0.1, 0.15) is 48.9 Å². The van der Waals surface area contributed by atoms with Crippen LogP contribution in [0, 0.1) is 0 Å². The lowest BCUT2D eigenvalue weighted by Gasteiger charge is -2.32. The van der Waals surface area contributed by atoms with E-state index >= 15 is 0 Å². The molecule has 1 aromatic rings. The van der Waals surface area contributed by atoms with E-state index in [1.807, 2.05) is 11.3 Å². The normalized spacial score (nSPS) is 25.5. The van der Waals surface area contributed by atoms with Crippen LogP contribution in [0.15, 0.2) is 6.20 Å². The predicted octanol–water partition coefficient (Wildman–Crippen LogP) is 2.77. The molecule has 2 heterocycles. The first-order valence-electron chi connectivity index (χ1n) is 7.22. The van der Waals surface area contributed by atoms with Crippen LogP contribution in [0.3, 0.4) is 0 Å². The van der Waals surface area contributed by atoms with E-state index in [1.54, 1.807) is 0 Å². The van der Waals surface area contributed by atoms with Crippen LogP contribution in [0.25, 0.3) is 0 Å². The van der Waals surface area contributed by atoms with Gasteiger partial charge in [-0.2, -0.15) is 0 Å². The molecule has 1 N–H and O–H groups in total. The van der Waals surface area contributed by atoms with Crippen molar-refractivity contribution in [3.63, 3.8) is 0 Å². The fraction of sp³-hybridized carbons (Fsp3) is 0.786. The van der Waals surface area contributed by atoms with Crippen molar-refractivity contribution in [2.45, 2.75) is 64.2 Å². The van der Waals surface area contributed by atoms with Crippen molar-refractivity contribution in [2.24, 2.45) is 0 Å². The molecule has 1 saturated carbocycles. The lowest BCUT2D eigenvalue weighted by Crippen LogP contribution is -2.36. The first-order valence-corrected chi connectivity index (χ1v) is 8.04. The topological polar surface area (TPSA) is 28.2 Å². The smallest absolute Gasteiger partial charge is 0.107 e. The van der Waals surface area contributed by atoms with E-state index in [4.69, 9.17) is 0 Å². The molecule has 1 aliphatic carbocycles. The van der Waals surface area contributed by atoms with Gasteiger partial charge in [0.1, 0.15) is 5.01 Å². The minimum Gasteiger partial charge on any atom is -0.309 e. The number of nitrogens with zero attached hydrogens (tertiary/aromatic N) is 2. The summed E-state index contributed by atoms with van der Waals surface area (Å²) in [6, 6.07) is 1.52. The van der Waals surface area contributed by atoms with E-state index in [-0.39, 0.29) is 0 Å². The van der Waals surface area contributed by atoms with Gasteiger partial charge in [0, 0.05) is 29.7 Å². The molecular formula is C14H23N3S. The van der Waals surface area contributed by atoms with Crippen molar-refractivity contribution < 1.29 is 0 Å². The Morgan fingerprint density at radius 3 is 3.06 bits per heavy atom. The summed E-state index contributed by atoms with van der Waals surface area (Å²) in [5, 5.41) is 4.84. The minimum absolute atomic E-state index is 0.732. The molecule has 4 heteroatoms. The monoisotopic (exact) mass is 265 g/mol. The molecule has 1 saturated heterocycles. The van der Waals surface area contributed by atoms with Crippen LogP contribution >= 0.6 is 11.3 Å². The molecule has 1 unspecified atom stereocenters. The van der Waals surface area contributed by atoms with Crippen molar-refractivity contribution in [3.05, 3.63) is 16.1 Å². The third kappa shape index (κ3) is 3.31. The average Bonchev–Trinajstić information content (AvgIpc) is 3.10. The third-order valence-corrected chi connectivity index (χ3v) is 5.00. The van der Waals surface area contributed by atoms with Gasteiger partial charge >= 0.3 is 0 Å². The van der Waals surface area contributed by atoms with Gasteiger partial charge in [-0.3, -0.25) is 4.90 Å². The van der Waals surface area contributed by atoms with Crippen molar-refractivity contribution in [3.8, 4) is 0 Å². The molecule has 0 spiro atoms. The molecule has 2 aliphatic rings. The highest BCUT2D eigenvalue weighted by Crippen LogP contribution is 2.23. The van der Waals surface area contributed by atoms with Crippen molar-refractivity contribution in [2.75, 3.05) is 6.54 Å². The number of hydrogen-bond acceptors (Lipinski definition) is 4. The zero-order valence-electron chi connectivity index (χ0n) is 11.2. The Morgan fingerprint density at radius 1 is 1.39 bits per heavy atom. The second-order valence-corrected chi connectivity index (χ2v) is 6.89. The van der Waals surface area contributed by atoms with Crippen LogP contribution in [-0.2, 0) is 13.1 Å². The average molecular weight is 265 g/mol. The summed E-state index contributed by atoms with van der Waals surface area (Å²) in [7, 11) is 0. The maximum atomic E-state index is 4.58. The molecule has 18 heavy (non-hydrogen) atoms. The number of likely N-dealkylation sites (tertiary alicyclic amines) is 1. The maximum Gasteiger partial charge on any atom is 0.107 e. The van der Waals surface area contributed by atoms with E-state index in [2.05, 4.69) is 28.3 Å². The lowest BCUT2D eigenvalue weighted by atomic mass is 10.0. The molecule has 0 amide bonds. The van der Waals surface area contributed by atoms with Gasteiger partial charge in [-0.1, -0.05) is 6.42 Å². The molecular weight excluding hydrogens is 242 g/mol. The van der Waals surface area contributed by atoms with Crippen LogP contribution in [0.5, 0.6) is 0 Å². The van der Waals surface area contributed by atoms with Crippen LogP contribution < -0.4 is 5.32 Å². The highest BCUT2D eigenvalue weighted by Gasteiger charge is 2.21. The largest absolute Gasteiger partial charge is 0.309 e. The minimum atomic E-state index is 0.732. The fourth-order valence-corrected chi connectivity index (χ4v) is 3.50. The molecule has 3 rings (SSSR count). The number of nitrogens with one attached hydrogen (secondary N) is 1. The summed E-state index contributed by atoms with van der Waals surface area (Å²) < 4.78 is 0. The Labute approximate surface area is 114 Å². The second-order valence-electron chi connectivity index (χ2n) is 5.69. The van der Waals surface area contributed by atoms with Crippen molar-refractivity contribution in [1.82, 2.24) is 15.2 Å². The summed E-state index contributed by atoms with van der Waals surface area (Å²) in [5.74, 6) is 0. The van der Waals surface area contributed by atoms with E-state index in [0.717, 1.165) is 25.2 Å². The SMILES string of the molecule is CC1CCCCN1Cc1ncc(CNC2CC2)s1. The Kier molecular flexibility index (Phi) is 3.97. The molecule has 3 nitrogen and oxygen atoms in total. The molecule has 2 fully saturated rings. The highest BCUT2D eigenvalue weighted by atomic mass is 32.1. The van der Waals surface area contributed by atoms with Gasteiger partial charge in [0.15, 0.2) is 0 Å². The molecule has 100 valence electrons. The van der Waals surface area contributed by atoms with Crippen LogP contribution in [-0.4, -0.2) is 28.5 Å². The summed E-state index contributed by atoms with van der Waals surface area (Å²) in [6.07, 6.45) is 8.87. The number of hydrogen-bond donors (Lipinski definition) is 1. The van der Waals surface area contributed by atoms with Gasteiger partial charge in [0.25, 0.3) is 0 Å². The van der Waals surface area contributed by atoms with E-state index in [9.17, 15) is 0 Å². The van der Waals surface area contributed by atoms with Gasteiger partial charge in [-0.15, -0.1) is 11.3 Å². The van der Waals surface area contributed by atoms with Crippen LogP contribution in [0.2, 0.25) is 0 Å². The zero-order chi connectivity index (χ0) is 12.4. The number of piperidine rings is 1. The van der Waals surface area contributed by atoms with Crippen LogP contribution in [0.4, 0.5) is 0 Å². The maximum absolute atomic E-state index is 4.58. The summed E-state index contributed by atoms with van der Waals surface area (Å²) in [6.45, 7) is 5.66. The first-order chi connectivity index (χ1) is 8.81. The summed E-state index contributed by atoms with van der Waals surface area (Å²) >= 11 is 1.88. The highest BCUT2D eigenvalue weighted by molar-refractivity contribution is 7.11. The number of aromatic nitrogens is 1. The Morgan fingerprint density at radius 2 is 2.28 bits per heavy atom. The predicted molar refractivity (Wildman–Crippen MR) is 75.7 cm³/mol. The number of thiazole rings is 1. The second kappa shape index (κ2) is 5.68. The standard InChI is InChI=1S/C14H23N3S/c1-11-4-2-3-7-17(11)10-14-16-9-13(18-14)8-15-12-5-6-12/h9,11-12,15H,2-8,10H2,1H3. The summed E-state index contributed by atoms with van der Waals surface area (Å²) in [4.78, 5) is 8.55. The Balaban J connectivity index is 1.51. The number of rotatable bonds is 5. The quantitative estimate of drug-likeness (QED) is 0.887.